The van der Waals surface area contributed by atoms with E-state index in [0.29, 0.717) is 16.6 Å². The van der Waals surface area contributed by atoms with Crippen LogP contribution in [-0.2, 0) is 14.8 Å². The minimum absolute atomic E-state index is 0.0805. The van der Waals surface area contributed by atoms with Crippen molar-refractivity contribution in [3.8, 4) is 0 Å². The lowest BCUT2D eigenvalue weighted by Crippen LogP contribution is -2.24. The maximum atomic E-state index is 11.8. The number of hydrogen-bond donors (Lipinski definition) is 1. The molecule has 1 aromatic rings. The van der Waals surface area contributed by atoms with Gasteiger partial charge in [0.25, 0.3) is 0 Å². The fraction of sp³-hybridized carbons (Fsp3) is 0.400. The van der Waals surface area contributed by atoms with E-state index in [0.717, 1.165) is 17.4 Å². The molecule has 1 aliphatic heterocycles. The number of sulfonamides is 1. The van der Waals surface area contributed by atoms with Gasteiger partial charge in [-0.25, -0.2) is 22.5 Å². The molecule has 1 saturated heterocycles. The summed E-state index contributed by atoms with van der Waals surface area (Å²) in [5.41, 5.74) is 0. The average Bonchev–Trinajstić information content (AvgIpc) is 2.79. The fourth-order valence-electron chi connectivity index (χ4n) is 1.72. The third-order valence-corrected chi connectivity index (χ3v) is 5.51. The monoisotopic (exact) mass is 288 g/mol. The Morgan fingerprint density at radius 1 is 1.67 bits per heavy atom. The van der Waals surface area contributed by atoms with Crippen LogP contribution in [0.1, 0.15) is 11.8 Å². The minimum Gasteiger partial charge on any atom is -0.478 e. The largest absolute Gasteiger partial charge is 0.478 e. The van der Waals surface area contributed by atoms with Gasteiger partial charge in [0, 0.05) is 23.7 Å². The van der Waals surface area contributed by atoms with E-state index in [1.54, 1.807) is 0 Å². The summed E-state index contributed by atoms with van der Waals surface area (Å²) in [6.07, 6.45) is 3.87. The average molecular weight is 288 g/mol. The molecule has 8 heteroatoms. The zero-order chi connectivity index (χ0) is 13.3. The maximum absolute atomic E-state index is 11.8. The Morgan fingerprint density at radius 2 is 2.39 bits per heavy atom. The van der Waals surface area contributed by atoms with Crippen molar-refractivity contribution in [3.63, 3.8) is 0 Å². The first-order chi connectivity index (χ1) is 8.38. The summed E-state index contributed by atoms with van der Waals surface area (Å²) in [7, 11) is -3.27. The molecule has 0 spiro atoms. The SMILES string of the molecule is CC1CN(c2ncc(C=CC(=O)O)s2)S(=O)(=O)C1. The molecule has 98 valence electrons. The Morgan fingerprint density at radius 3 is 2.94 bits per heavy atom. The Bertz CT molecular complexity index is 591. The second-order valence-corrected chi connectivity index (χ2v) is 7.11. The van der Waals surface area contributed by atoms with Gasteiger partial charge in [0.2, 0.25) is 10.0 Å². The molecule has 1 N–H and O–H groups in total. The van der Waals surface area contributed by atoms with Crippen molar-refractivity contribution in [2.75, 3.05) is 16.6 Å². The standard InChI is InChI=1S/C10H12N2O4S2/c1-7-5-12(18(15,16)6-7)10-11-4-8(17-10)2-3-9(13)14/h2-4,7H,5-6H2,1H3,(H,13,14). The lowest BCUT2D eigenvalue weighted by molar-refractivity contribution is -0.131. The molecule has 0 amide bonds. The van der Waals surface area contributed by atoms with Gasteiger partial charge in [-0.1, -0.05) is 18.3 Å². The summed E-state index contributed by atoms with van der Waals surface area (Å²) in [6.45, 7) is 2.30. The lowest BCUT2D eigenvalue weighted by atomic mass is 10.2. The van der Waals surface area contributed by atoms with Gasteiger partial charge >= 0.3 is 5.97 Å². The highest BCUT2D eigenvalue weighted by Gasteiger charge is 2.35. The van der Waals surface area contributed by atoms with Crippen molar-refractivity contribution < 1.29 is 18.3 Å². The second kappa shape index (κ2) is 4.69. The zero-order valence-corrected chi connectivity index (χ0v) is 11.2. The van der Waals surface area contributed by atoms with Crippen molar-refractivity contribution in [1.29, 1.82) is 0 Å². The molecule has 0 saturated carbocycles. The molecule has 1 fully saturated rings. The minimum atomic E-state index is -3.27. The molecule has 18 heavy (non-hydrogen) atoms. The predicted octanol–water partition coefficient (Wildman–Crippen LogP) is 1.03. The van der Waals surface area contributed by atoms with Crippen LogP contribution < -0.4 is 4.31 Å². The maximum Gasteiger partial charge on any atom is 0.328 e. The first-order valence-electron chi connectivity index (χ1n) is 5.26. The van der Waals surface area contributed by atoms with Crippen molar-refractivity contribution in [2.24, 2.45) is 5.92 Å². The van der Waals surface area contributed by atoms with Crippen LogP contribution in [-0.4, -0.2) is 36.8 Å². The van der Waals surface area contributed by atoms with Crippen molar-refractivity contribution in [2.45, 2.75) is 6.92 Å². The molecule has 0 radical (unpaired) electrons. The fourth-order valence-corrected chi connectivity index (χ4v) is 4.68. The van der Waals surface area contributed by atoms with Gasteiger partial charge < -0.3 is 5.11 Å². The number of nitrogens with zero attached hydrogens (tertiary/aromatic N) is 2. The number of rotatable bonds is 3. The van der Waals surface area contributed by atoms with Gasteiger partial charge in [-0.3, -0.25) is 0 Å². The van der Waals surface area contributed by atoms with Crippen molar-refractivity contribution in [1.82, 2.24) is 4.98 Å². The number of aromatic nitrogens is 1. The molecular weight excluding hydrogens is 276 g/mol. The molecule has 0 bridgehead atoms. The van der Waals surface area contributed by atoms with Gasteiger partial charge in [-0.05, 0) is 12.0 Å². The second-order valence-electron chi connectivity index (χ2n) is 4.13. The van der Waals surface area contributed by atoms with Crippen molar-refractivity contribution >= 4 is 38.5 Å². The van der Waals surface area contributed by atoms with Crippen LogP contribution in [0, 0.1) is 5.92 Å². The van der Waals surface area contributed by atoms with E-state index < -0.39 is 16.0 Å². The number of carbonyl (C=O) groups is 1. The Kier molecular flexibility index (Phi) is 3.40. The van der Waals surface area contributed by atoms with E-state index in [2.05, 4.69) is 4.98 Å². The summed E-state index contributed by atoms with van der Waals surface area (Å²) in [5.74, 6) is -0.836. The van der Waals surface area contributed by atoms with E-state index >= 15 is 0 Å². The van der Waals surface area contributed by atoms with E-state index in [-0.39, 0.29) is 11.7 Å². The highest BCUT2D eigenvalue weighted by molar-refractivity contribution is 7.93. The Balaban J connectivity index is 2.23. The Hall–Kier alpha value is -1.41. The molecule has 6 nitrogen and oxygen atoms in total. The first-order valence-corrected chi connectivity index (χ1v) is 7.68. The zero-order valence-electron chi connectivity index (χ0n) is 9.61. The van der Waals surface area contributed by atoms with Crippen molar-refractivity contribution in [3.05, 3.63) is 17.2 Å². The molecular formula is C10H12N2O4S2. The Labute approximate surface area is 109 Å². The number of hydrogen-bond acceptors (Lipinski definition) is 5. The van der Waals surface area contributed by atoms with Gasteiger partial charge in [-0.2, -0.15) is 0 Å². The van der Waals surface area contributed by atoms with E-state index in [9.17, 15) is 13.2 Å². The highest BCUT2D eigenvalue weighted by atomic mass is 32.2. The van der Waals surface area contributed by atoms with Crippen LogP contribution in [0.3, 0.4) is 0 Å². The number of thiazole rings is 1. The molecule has 1 unspecified atom stereocenters. The summed E-state index contributed by atoms with van der Waals surface area (Å²) >= 11 is 1.16. The smallest absolute Gasteiger partial charge is 0.328 e. The summed E-state index contributed by atoms with van der Waals surface area (Å²) < 4.78 is 24.9. The molecule has 0 aliphatic carbocycles. The number of anilines is 1. The molecule has 2 rings (SSSR count). The van der Waals surface area contributed by atoms with Gasteiger partial charge in [0.05, 0.1) is 5.75 Å². The molecule has 1 aliphatic rings. The molecule has 0 aromatic carbocycles. The molecule has 1 aromatic heterocycles. The normalized spacial score (nSPS) is 22.7. The quantitative estimate of drug-likeness (QED) is 0.839. The molecule has 2 heterocycles. The van der Waals surface area contributed by atoms with Crippen LogP contribution in [0.15, 0.2) is 12.3 Å². The van der Waals surface area contributed by atoms with Crippen LogP contribution in [0.2, 0.25) is 0 Å². The number of carboxylic acids is 1. The number of aliphatic carboxylic acids is 1. The summed E-state index contributed by atoms with van der Waals surface area (Å²) in [4.78, 5) is 15.0. The number of carboxylic acid groups (broad SMARTS) is 1. The summed E-state index contributed by atoms with van der Waals surface area (Å²) in [6, 6.07) is 0. The topological polar surface area (TPSA) is 87.6 Å². The summed E-state index contributed by atoms with van der Waals surface area (Å²) in [5, 5.41) is 8.90. The first kappa shape index (κ1) is 13.0. The lowest BCUT2D eigenvalue weighted by Gasteiger charge is -2.12. The van der Waals surface area contributed by atoms with Crippen LogP contribution >= 0.6 is 11.3 Å². The van der Waals surface area contributed by atoms with Crippen LogP contribution in [0.5, 0.6) is 0 Å². The third kappa shape index (κ3) is 2.70. The van der Waals surface area contributed by atoms with Gasteiger partial charge in [0.15, 0.2) is 5.13 Å². The van der Waals surface area contributed by atoms with Crippen LogP contribution in [0.25, 0.3) is 6.08 Å². The van der Waals surface area contributed by atoms with Gasteiger partial charge in [-0.15, -0.1) is 0 Å². The van der Waals surface area contributed by atoms with E-state index in [4.69, 9.17) is 5.11 Å². The van der Waals surface area contributed by atoms with Crippen LogP contribution in [0.4, 0.5) is 5.13 Å². The van der Waals surface area contributed by atoms with E-state index in [1.165, 1.54) is 16.6 Å². The van der Waals surface area contributed by atoms with Gasteiger partial charge in [0.1, 0.15) is 0 Å². The predicted molar refractivity (Wildman–Crippen MR) is 69.1 cm³/mol. The van der Waals surface area contributed by atoms with E-state index in [1.807, 2.05) is 6.92 Å². The highest BCUT2D eigenvalue weighted by Crippen LogP contribution is 2.30. The molecule has 1 atom stereocenters. The third-order valence-electron chi connectivity index (χ3n) is 2.42.